The van der Waals surface area contributed by atoms with Gasteiger partial charge in [-0.15, -0.1) is 10.2 Å². The lowest BCUT2D eigenvalue weighted by molar-refractivity contribution is 0.0937. The summed E-state index contributed by atoms with van der Waals surface area (Å²) in [4.78, 5) is 12.4. The predicted molar refractivity (Wildman–Crippen MR) is 114 cm³/mol. The van der Waals surface area contributed by atoms with Crippen LogP contribution in [0.5, 0.6) is 0 Å². The van der Waals surface area contributed by atoms with Crippen molar-refractivity contribution in [2.45, 2.75) is 30.8 Å². The van der Waals surface area contributed by atoms with E-state index in [4.69, 9.17) is 23.2 Å². The first-order chi connectivity index (χ1) is 13.3. The molecule has 0 bridgehead atoms. The minimum absolute atomic E-state index is 0.141. The number of carbonyl (C=O) groups excluding carboxylic acids is 1. The van der Waals surface area contributed by atoms with Crippen LogP contribution in [-0.4, -0.2) is 20.7 Å². The van der Waals surface area contributed by atoms with Crippen LogP contribution >= 0.6 is 35.0 Å². The van der Waals surface area contributed by atoms with E-state index < -0.39 is 0 Å². The number of hydrogen-bond donors (Lipinski definition) is 1. The van der Waals surface area contributed by atoms with E-state index in [1.165, 1.54) is 11.8 Å². The lowest BCUT2D eigenvalue weighted by Crippen LogP contribution is -2.28. The summed E-state index contributed by atoms with van der Waals surface area (Å²) in [6.45, 7) is 3.88. The normalized spacial score (nSPS) is 12.0. The number of nitrogens with zero attached hydrogens (tertiary/aromatic N) is 3. The van der Waals surface area contributed by atoms with Crippen LogP contribution in [0.2, 0.25) is 10.0 Å². The lowest BCUT2D eigenvalue weighted by atomic mass is 10.1. The molecule has 5 nitrogen and oxygen atoms in total. The molecule has 1 N–H and O–H groups in total. The van der Waals surface area contributed by atoms with Gasteiger partial charge in [-0.05, 0) is 43.7 Å². The number of thioether (sulfide) groups is 1. The first-order valence-electron chi connectivity index (χ1n) is 8.68. The highest BCUT2D eigenvalue weighted by molar-refractivity contribution is 7.98. The number of amides is 1. The van der Waals surface area contributed by atoms with Crippen LogP contribution in [0.3, 0.4) is 0 Å². The Bertz CT molecular complexity index is 988. The number of nitrogens with one attached hydrogen (secondary N) is 1. The van der Waals surface area contributed by atoms with Crippen molar-refractivity contribution in [3.05, 3.63) is 75.0 Å². The Morgan fingerprint density at radius 3 is 2.57 bits per heavy atom. The van der Waals surface area contributed by atoms with Crippen LogP contribution in [0.1, 0.15) is 40.3 Å². The molecule has 2 aromatic carbocycles. The van der Waals surface area contributed by atoms with Crippen LogP contribution in [0.4, 0.5) is 0 Å². The molecule has 28 heavy (non-hydrogen) atoms. The van der Waals surface area contributed by atoms with Gasteiger partial charge < -0.3 is 9.88 Å². The quantitative estimate of drug-likeness (QED) is 0.540. The average molecular weight is 435 g/mol. The summed E-state index contributed by atoms with van der Waals surface area (Å²) in [6.07, 6.45) is 0. The second kappa shape index (κ2) is 8.99. The summed E-state index contributed by atoms with van der Waals surface area (Å²) in [5.74, 6) is 1.19. The molecule has 0 saturated heterocycles. The third-order valence-electron chi connectivity index (χ3n) is 4.29. The Morgan fingerprint density at radius 1 is 1.18 bits per heavy atom. The molecular formula is C20H20Cl2N4OS. The Labute approximate surface area is 178 Å². The number of hydrogen-bond acceptors (Lipinski definition) is 4. The van der Waals surface area contributed by atoms with Gasteiger partial charge in [0.15, 0.2) is 11.0 Å². The monoisotopic (exact) mass is 434 g/mol. The zero-order valence-corrected chi connectivity index (χ0v) is 18.1. The van der Waals surface area contributed by atoms with Gasteiger partial charge in [0.25, 0.3) is 5.91 Å². The van der Waals surface area contributed by atoms with Gasteiger partial charge in [-0.3, -0.25) is 4.79 Å². The van der Waals surface area contributed by atoms with Crippen molar-refractivity contribution in [3.8, 4) is 0 Å². The Balaban J connectivity index is 1.66. The SMILES string of the molecule is Cc1ccc(C(=O)N[C@@H](C)c2nnc(SCc3ccc(Cl)cc3Cl)n2C)cc1. The number of rotatable bonds is 6. The highest BCUT2D eigenvalue weighted by Crippen LogP contribution is 2.28. The smallest absolute Gasteiger partial charge is 0.251 e. The van der Waals surface area contributed by atoms with Crippen LogP contribution in [0.25, 0.3) is 0 Å². The number of aromatic nitrogens is 3. The van der Waals surface area contributed by atoms with Gasteiger partial charge in [0.05, 0.1) is 6.04 Å². The fourth-order valence-corrected chi connectivity index (χ4v) is 4.14. The van der Waals surface area contributed by atoms with Gasteiger partial charge >= 0.3 is 0 Å². The fraction of sp³-hybridized carbons (Fsp3) is 0.250. The molecule has 1 heterocycles. The number of aryl methyl sites for hydroxylation is 1. The molecule has 3 aromatic rings. The summed E-state index contributed by atoms with van der Waals surface area (Å²) in [7, 11) is 1.88. The second-order valence-electron chi connectivity index (χ2n) is 6.49. The predicted octanol–water partition coefficient (Wildman–Crippen LogP) is 5.21. The van der Waals surface area contributed by atoms with Gasteiger partial charge in [-0.2, -0.15) is 0 Å². The highest BCUT2D eigenvalue weighted by atomic mass is 35.5. The molecule has 146 valence electrons. The molecule has 8 heteroatoms. The molecule has 1 atom stereocenters. The highest BCUT2D eigenvalue weighted by Gasteiger charge is 2.18. The van der Waals surface area contributed by atoms with Crippen molar-refractivity contribution in [2.24, 2.45) is 7.05 Å². The lowest BCUT2D eigenvalue weighted by Gasteiger charge is -2.14. The van der Waals surface area contributed by atoms with Crippen LogP contribution < -0.4 is 5.32 Å². The van der Waals surface area contributed by atoms with Crippen molar-refractivity contribution in [2.75, 3.05) is 0 Å². The molecule has 0 spiro atoms. The van der Waals surface area contributed by atoms with E-state index in [0.717, 1.165) is 16.3 Å². The van der Waals surface area contributed by atoms with E-state index in [0.29, 0.717) is 27.2 Å². The van der Waals surface area contributed by atoms with Crippen molar-refractivity contribution in [1.29, 1.82) is 0 Å². The van der Waals surface area contributed by atoms with Gasteiger partial charge in [-0.1, -0.05) is 58.7 Å². The first kappa shape index (κ1) is 20.7. The molecular weight excluding hydrogens is 415 g/mol. The summed E-state index contributed by atoms with van der Waals surface area (Å²) < 4.78 is 1.88. The zero-order valence-electron chi connectivity index (χ0n) is 15.7. The molecule has 0 saturated carbocycles. The van der Waals surface area contributed by atoms with E-state index in [1.54, 1.807) is 6.07 Å². The van der Waals surface area contributed by atoms with Crippen LogP contribution in [0.15, 0.2) is 47.6 Å². The molecule has 0 radical (unpaired) electrons. The van der Waals surface area contributed by atoms with Crippen molar-refractivity contribution < 1.29 is 4.79 Å². The number of carbonyl (C=O) groups is 1. The number of halogens is 2. The molecule has 1 amide bonds. The first-order valence-corrected chi connectivity index (χ1v) is 10.4. The van der Waals surface area contributed by atoms with E-state index in [9.17, 15) is 4.79 Å². The van der Waals surface area contributed by atoms with Gasteiger partial charge in [0.1, 0.15) is 0 Å². The largest absolute Gasteiger partial charge is 0.342 e. The molecule has 1 aromatic heterocycles. The Kier molecular flexibility index (Phi) is 6.65. The minimum Gasteiger partial charge on any atom is -0.342 e. The van der Waals surface area contributed by atoms with Crippen molar-refractivity contribution in [1.82, 2.24) is 20.1 Å². The maximum Gasteiger partial charge on any atom is 0.251 e. The molecule has 0 aliphatic rings. The van der Waals surface area contributed by atoms with Gasteiger partial charge in [0, 0.05) is 28.4 Å². The molecule has 0 fully saturated rings. The maximum absolute atomic E-state index is 12.4. The summed E-state index contributed by atoms with van der Waals surface area (Å²) in [5, 5.41) is 13.4. The van der Waals surface area contributed by atoms with E-state index in [1.807, 2.05) is 61.9 Å². The minimum atomic E-state index is -0.278. The summed E-state index contributed by atoms with van der Waals surface area (Å²) in [6, 6.07) is 12.6. The van der Waals surface area contributed by atoms with Crippen LogP contribution in [-0.2, 0) is 12.8 Å². The van der Waals surface area contributed by atoms with E-state index in [-0.39, 0.29) is 11.9 Å². The maximum atomic E-state index is 12.4. The Hall–Kier alpha value is -2.02. The third kappa shape index (κ3) is 4.87. The Morgan fingerprint density at radius 2 is 1.89 bits per heavy atom. The van der Waals surface area contributed by atoms with Crippen molar-refractivity contribution >= 4 is 40.9 Å². The molecule has 0 aliphatic heterocycles. The standard InChI is InChI=1S/C20H20Cl2N4OS/c1-12-4-6-14(7-5-12)19(27)23-13(2)18-24-25-20(26(18)3)28-11-15-8-9-16(21)10-17(15)22/h4-10,13H,11H2,1-3H3,(H,23,27)/t13-/m0/s1. The zero-order chi connectivity index (χ0) is 20.3. The average Bonchev–Trinajstić information content (AvgIpc) is 3.02. The van der Waals surface area contributed by atoms with E-state index >= 15 is 0 Å². The van der Waals surface area contributed by atoms with Crippen molar-refractivity contribution in [3.63, 3.8) is 0 Å². The van der Waals surface area contributed by atoms with E-state index in [2.05, 4.69) is 15.5 Å². The van der Waals surface area contributed by atoms with Crippen LogP contribution in [0, 0.1) is 6.92 Å². The summed E-state index contributed by atoms with van der Waals surface area (Å²) >= 11 is 13.7. The topological polar surface area (TPSA) is 59.8 Å². The fourth-order valence-electron chi connectivity index (χ4n) is 2.66. The van der Waals surface area contributed by atoms with Gasteiger partial charge in [-0.25, -0.2) is 0 Å². The van der Waals surface area contributed by atoms with Gasteiger partial charge in [0.2, 0.25) is 0 Å². The second-order valence-corrected chi connectivity index (χ2v) is 8.27. The molecule has 0 unspecified atom stereocenters. The number of benzene rings is 2. The molecule has 3 rings (SSSR count). The third-order valence-corrected chi connectivity index (χ3v) is 5.95. The summed E-state index contributed by atoms with van der Waals surface area (Å²) in [5.41, 5.74) is 2.70. The molecule has 0 aliphatic carbocycles.